The lowest BCUT2D eigenvalue weighted by Crippen LogP contribution is -2.29. The van der Waals surface area contributed by atoms with E-state index in [1.807, 2.05) is 73.7 Å². The SMILES string of the molecule is CCCSc1nc2n(n1)C(c1ccc(OCc3ccccc3C)cc1)C(C(=O)OCc1ccccc1)=C(C)N2. The van der Waals surface area contributed by atoms with Crippen molar-refractivity contribution in [2.75, 3.05) is 11.1 Å². The number of anilines is 1. The smallest absolute Gasteiger partial charge is 0.338 e. The normalized spacial score (nSPS) is 14.5. The Kier molecular flexibility index (Phi) is 8.32. The second kappa shape index (κ2) is 12.2. The lowest BCUT2D eigenvalue weighted by molar-refractivity contribution is -0.140. The minimum absolute atomic E-state index is 0.191. The molecular weight excluding hydrogens is 508 g/mol. The Morgan fingerprint density at radius 2 is 1.72 bits per heavy atom. The van der Waals surface area contributed by atoms with E-state index in [9.17, 15) is 4.79 Å². The molecule has 0 fully saturated rings. The van der Waals surface area contributed by atoms with E-state index in [2.05, 4.69) is 36.3 Å². The van der Waals surface area contributed by atoms with E-state index in [0.717, 1.165) is 34.6 Å². The summed E-state index contributed by atoms with van der Waals surface area (Å²) in [6, 6.07) is 25.2. The summed E-state index contributed by atoms with van der Waals surface area (Å²) in [6.45, 7) is 6.76. The van der Waals surface area contributed by atoms with Crippen LogP contribution in [0.15, 0.2) is 95.3 Å². The molecular formula is C31H32N4O3S. The highest BCUT2D eigenvalue weighted by atomic mass is 32.2. The minimum Gasteiger partial charge on any atom is -0.489 e. The van der Waals surface area contributed by atoms with Gasteiger partial charge in [0.2, 0.25) is 11.1 Å². The van der Waals surface area contributed by atoms with Crippen LogP contribution in [0.25, 0.3) is 0 Å². The Hall–Kier alpha value is -4.04. The molecule has 200 valence electrons. The molecule has 5 rings (SSSR count). The summed E-state index contributed by atoms with van der Waals surface area (Å²) in [7, 11) is 0. The van der Waals surface area contributed by atoms with Crippen LogP contribution in [0.5, 0.6) is 5.75 Å². The summed E-state index contributed by atoms with van der Waals surface area (Å²) in [4.78, 5) is 18.2. The van der Waals surface area contributed by atoms with Gasteiger partial charge < -0.3 is 14.8 Å². The molecule has 0 bridgehead atoms. The van der Waals surface area contributed by atoms with E-state index in [-0.39, 0.29) is 6.61 Å². The average molecular weight is 541 g/mol. The molecule has 8 heteroatoms. The average Bonchev–Trinajstić information content (AvgIpc) is 3.37. The van der Waals surface area contributed by atoms with Crippen molar-refractivity contribution in [2.24, 2.45) is 0 Å². The third kappa shape index (κ3) is 6.17. The molecule has 1 aromatic heterocycles. The third-order valence-corrected chi connectivity index (χ3v) is 7.60. The second-order valence-corrected chi connectivity index (χ2v) is 10.5. The van der Waals surface area contributed by atoms with E-state index in [1.54, 1.807) is 16.4 Å². The van der Waals surface area contributed by atoms with Crippen LogP contribution >= 0.6 is 11.8 Å². The summed E-state index contributed by atoms with van der Waals surface area (Å²) in [5.74, 6) is 1.88. The van der Waals surface area contributed by atoms with Crippen LogP contribution in [0, 0.1) is 6.92 Å². The monoisotopic (exact) mass is 540 g/mol. The number of esters is 1. The highest BCUT2D eigenvalue weighted by Crippen LogP contribution is 2.37. The predicted octanol–water partition coefficient (Wildman–Crippen LogP) is 6.70. The maximum absolute atomic E-state index is 13.5. The van der Waals surface area contributed by atoms with Crippen LogP contribution in [0.2, 0.25) is 0 Å². The molecule has 1 unspecified atom stereocenters. The molecule has 0 saturated heterocycles. The Labute approximate surface area is 233 Å². The van der Waals surface area contributed by atoms with Gasteiger partial charge in [0, 0.05) is 11.4 Å². The molecule has 0 saturated carbocycles. The molecule has 2 heterocycles. The van der Waals surface area contributed by atoms with Crippen molar-refractivity contribution in [3.63, 3.8) is 0 Å². The number of thioether (sulfide) groups is 1. The zero-order valence-corrected chi connectivity index (χ0v) is 23.2. The number of hydrogen-bond acceptors (Lipinski definition) is 7. The van der Waals surface area contributed by atoms with Gasteiger partial charge in [-0.25, -0.2) is 9.48 Å². The van der Waals surface area contributed by atoms with Gasteiger partial charge in [0.1, 0.15) is 25.0 Å². The molecule has 1 aliphatic rings. The second-order valence-electron chi connectivity index (χ2n) is 9.42. The van der Waals surface area contributed by atoms with Gasteiger partial charge in [0.15, 0.2) is 0 Å². The summed E-state index contributed by atoms with van der Waals surface area (Å²) in [6.07, 6.45) is 1.02. The topological polar surface area (TPSA) is 78.3 Å². The third-order valence-electron chi connectivity index (χ3n) is 6.55. The van der Waals surface area contributed by atoms with E-state index >= 15 is 0 Å². The molecule has 4 aromatic rings. The van der Waals surface area contributed by atoms with E-state index < -0.39 is 12.0 Å². The Morgan fingerprint density at radius 1 is 0.974 bits per heavy atom. The molecule has 0 aliphatic carbocycles. The number of nitrogens with one attached hydrogen (secondary N) is 1. The highest BCUT2D eigenvalue weighted by molar-refractivity contribution is 7.99. The van der Waals surface area contributed by atoms with Gasteiger partial charge in [-0.3, -0.25) is 0 Å². The van der Waals surface area contributed by atoms with Crippen molar-refractivity contribution in [2.45, 2.75) is 51.6 Å². The summed E-state index contributed by atoms with van der Waals surface area (Å²) < 4.78 is 13.6. The number of hydrogen-bond donors (Lipinski definition) is 1. The number of nitrogens with zero attached hydrogens (tertiary/aromatic N) is 3. The fourth-order valence-corrected chi connectivity index (χ4v) is 5.12. The first-order valence-electron chi connectivity index (χ1n) is 13.1. The molecule has 1 atom stereocenters. The number of ether oxygens (including phenoxy) is 2. The maximum atomic E-state index is 13.5. The van der Waals surface area contributed by atoms with Crippen molar-refractivity contribution < 1.29 is 14.3 Å². The summed E-state index contributed by atoms with van der Waals surface area (Å²) in [5.41, 5.74) is 5.36. The minimum atomic E-state index is -0.488. The van der Waals surface area contributed by atoms with Crippen LogP contribution in [-0.2, 0) is 22.7 Å². The summed E-state index contributed by atoms with van der Waals surface area (Å²) >= 11 is 1.60. The highest BCUT2D eigenvalue weighted by Gasteiger charge is 2.35. The number of carbonyl (C=O) groups excluding carboxylic acids is 1. The van der Waals surface area contributed by atoms with E-state index in [4.69, 9.17) is 14.6 Å². The van der Waals surface area contributed by atoms with Crippen molar-refractivity contribution in [1.82, 2.24) is 14.8 Å². The molecule has 3 aromatic carbocycles. The largest absolute Gasteiger partial charge is 0.489 e. The number of carbonyl (C=O) groups is 1. The van der Waals surface area contributed by atoms with E-state index in [0.29, 0.717) is 29.0 Å². The zero-order chi connectivity index (χ0) is 27.2. The molecule has 1 aliphatic heterocycles. The molecule has 0 radical (unpaired) electrons. The van der Waals surface area contributed by atoms with Gasteiger partial charge in [0.25, 0.3) is 0 Å². The van der Waals surface area contributed by atoms with Crippen LogP contribution in [0.4, 0.5) is 5.95 Å². The number of benzene rings is 3. The molecule has 0 amide bonds. The Bertz CT molecular complexity index is 1460. The van der Waals surface area contributed by atoms with Crippen molar-refractivity contribution in [3.05, 3.63) is 112 Å². The van der Waals surface area contributed by atoms with Crippen molar-refractivity contribution in [1.29, 1.82) is 0 Å². The fraction of sp³-hybridized carbons (Fsp3) is 0.258. The number of fused-ring (bicyclic) bond motifs is 1. The fourth-order valence-electron chi connectivity index (χ4n) is 4.44. The number of aromatic nitrogens is 3. The van der Waals surface area contributed by atoms with Gasteiger partial charge >= 0.3 is 5.97 Å². The lowest BCUT2D eigenvalue weighted by atomic mass is 9.95. The molecule has 0 spiro atoms. The number of allylic oxidation sites excluding steroid dienone is 1. The zero-order valence-electron chi connectivity index (χ0n) is 22.4. The lowest BCUT2D eigenvalue weighted by Gasteiger charge is -2.28. The first kappa shape index (κ1) is 26.6. The van der Waals surface area contributed by atoms with Gasteiger partial charge in [-0.05, 0) is 54.7 Å². The van der Waals surface area contributed by atoms with Gasteiger partial charge in [-0.2, -0.15) is 4.98 Å². The molecule has 7 nitrogen and oxygen atoms in total. The number of rotatable bonds is 10. The van der Waals surface area contributed by atoms with Crippen molar-refractivity contribution >= 4 is 23.7 Å². The van der Waals surface area contributed by atoms with Crippen LogP contribution in [0.3, 0.4) is 0 Å². The first-order chi connectivity index (χ1) is 19.0. The van der Waals surface area contributed by atoms with Gasteiger partial charge in [0.05, 0.1) is 5.57 Å². The summed E-state index contributed by atoms with van der Waals surface area (Å²) in [5, 5.41) is 8.72. The molecule has 1 N–H and O–H groups in total. The van der Waals surface area contributed by atoms with Crippen LogP contribution in [0.1, 0.15) is 48.6 Å². The maximum Gasteiger partial charge on any atom is 0.338 e. The molecule has 39 heavy (non-hydrogen) atoms. The Morgan fingerprint density at radius 3 is 2.46 bits per heavy atom. The predicted molar refractivity (Wildman–Crippen MR) is 154 cm³/mol. The first-order valence-corrected chi connectivity index (χ1v) is 14.1. The quantitative estimate of drug-likeness (QED) is 0.177. The van der Waals surface area contributed by atoms with Crippen molar-refractivity contribution in [3.8, 4) is 5.75 Å². The van der Waals surface area contributed by atoms with Crippen LogP contribution in [-0.4, -0.2) is 26.5 Å². The van der Waals surface area contributed by atoms with E-state index in [1.165, 1.54) is 5.56 Å². The number of aryl methyl sites for hydroxylation is 1. The van der Waals surface area contributed by atoms with Gasteiger partial charge in [-0.1, -0.05) is 85.4 Å². The standard InChI is InChI=1S/C31H32N4O3S/c1-4-18-39-31-33-30-32-22(3)27(29(36)38-19-23-11-6-5-7-12-23)28(35(30)34-31)24-14-16-26(17-15-24)37-20-25-13-9-8-10-21(25)2/h5-17,28H,4,18-20H2,1-3H3,(H,32,33,34). The Balaban J connectivity index is 1.42. The van der Waals surface area contributed by atoms with Crippen LogP contribution < -0.4 is 10.1 Å². The van der Waals surface area contributed by atoms with Gasteiger partial charge in [-0.15, -0.1) is 5.10 Å².